The fourth-order valence-electron chi connectivity index (χ4n) is 3.78. The van der Waals surface area contributed by atoms with Crippen LogP contribution in [0.25, 0.3) is 5.69 Å². The number of carbonyl (C=O) groups is 1. The van der Waals surface area contributed by atoms with E-state index < -0.39 is 0 Å². The Morgan fingerprint density at radius 1 is 1.13 bits per heavy atom. The number of halogens is 1. The number of hydrogen-bond donors (Lipinski definition) is 1. The van der Waals surface area contributed by atoms with Gasteiger partial charge in [-0.05, 0) is 36.8 Å². The van der Waals surface area contributed by atoms with Crippen molar-refractivity contribution >= 4 is 5.91 Å². The number of aromatic nitrogens is 2. The van der Waals surface area contributed by atoms with Gasteiger partial charge in [-0.1, -0.05) is 30.3 Å². The number of benzene rings is 2. The minimum absolute atomic E-state index is 0.0528. The number of morpholine rings is 1. The van der Waals surface area contributed by atoms with Crippen molar-refractivity contribution in [3.8, 4) is 5.69 Å². The maximum Gasteiger partial charge on any atom is 0.254 e. The monoisotopic (exact) mass is 408 g/mol. The molecule has 1 aromatic heterocycles. The third-order valence-electron chi connectivity index (χ3n) is 5.45. The highest BCUT2D eigenvalue weighted by Gasteiger charge is 2.24. The van der Waals surface area contributed by atoms with Gasteiger partial charge in [-0.2, -0.15) is 5.10 Å². The molecule has 4 rings (SSSR count). The Bertz CT molecular complexity index is 982. The molecule has 1 saturated heterocycles. The van der Waals surface area contributed by atoms with E-state index in [9.17, 15) is 9.18 Å². The second-order valence-corrected chi connectivity index (χ2v) is 7.32. The van der Waals surface area contributed by atoms with E-state index in [0.29, 0.717) is 25.3 Å². The van der Waals surface area contributed by atoms with E-state index in [0.717, 1.165) is 30.0 Å². The number of para-hydroxylation sites is 1. The first-order chi connectivity index (χ1) is 14.6. The zero-order valence-corrected chi connectivity index (χ0v) is 16.9. The van der Waals surface area contributed by atoms with Gasteiger partial charge in [-0.3, -0.25) is 9.69 Å². The average molecular weight is 408 g/mol. The quantitative estimate of drug-likeness (QED) is 0.681. The zero-order valence-electron chi connectivity index (χ0n) is 16.9. The van der Waals surface area contributed by atoms with Crippen LogP contribution in [0.1, 0.15) is 27.7 Å². The maximum atomic E-state index is 13.4. The molecule has 1 unspecified atom stereocenters. The van der Waals surface area contributed by atoms with Crippen LogP contribution in [0.3, 0.4) is 0 Å². The van der Waals surface area contributed by atoms with E-state index in [1.54, 1.807) is 23.0 Å². The molecule has 0 aliphatic carbocycles. The maximum absolute atomic E-state index is 13.4. The highest BCUT2D eigenvalue weighted by molar-refractivity contribution is 5.95. The first kappa shape index (κ1) is 20.3. The summed E-state index contributed by atoms with van der Waals surface area (Å²) in [5, 5.41) is 7.43. The van der Waals surface area contributed by atoms with E-state index in [-0.39, 0.29) is 17.8 Å². The molecule has 2 heterocycles. The summed E-state index contributed by atoms with van der Waals surface area (Å²) in [5.41, 5.74) is 3.20. The van der Waals surface area contributed by atoms with E-state index in [1.807, 2.05) is 37.3 Å². The van der Waals surface area contributed by atoms with Gasteiger partial charge in [-0.25, -0.2) is 9.07 Å². The summed E-state index contributed by atoms with van der Waals surface area (Å²) in [5.74, 6) is -0.442. The normalized spacial score (nSPS) is 15.7. The number of nitrogens with one attached hydrogen (secondary N) is 1. The van der Waals surface area contributed by atoms with Gasteiger partial charge in [0.2, 0.25) is 0 Å². The van der Waals surface area contributed by atoms with Crippen molar-refractivity contribution in [2.75, 3.05) is 32.8 Å². The summed E-state index contributed by atoms with van der Waals surface area (Å²) in [6, 6.07) is 16.1. The van der Waals surface area contributed by atoms with Crippen LogP contribution in [0.5, 0.6) is 0 Å². The van der Waals surface area contributed by atoms with Crippen LogP contribution in [0.2, 0.25) is 0 Å². The highest BCUT2D eigenvalue weighted by Crippen LogP contribution is 2.22. The van der Waals surface area contributed by atoms with Crippen LogP contribution in [0.15, 0.2) is 60.8 Å². The largest absolute Gasteiger partial charge is 0.379 e. The second-order valence-electron chi connectivity index (χ2n) is 7.32. The van der Waals surface area contributed by atoms with Gasteiger partial charge < -0.3 is 10.1 Å². The molecule has 1 atom stereocenters. The molecule has 0 spiro atoms. The summed E-state index contributed by atoms with van der Waals surface area (Å²) in [7, 11) is 0. The van der Waals surface area contributed by atoms with Gasteiger partial charge in [0.05, 0.1) is 42.4 Å². The molecule has 1 fully saturated rings. The Balaban J connectivity index is 1.50. The Morgan fingerprint density at radius 3 is 2.53 bits per heavy atom. The summed E-state index contributed by atoms with van der Waals surface area (Å²) in [6.07, 6.45) is 1.60. The van der Waals surface area contributed by atoms with Crippen molar-refractivity contribution in [1.82, 2.24) is 20.0 Å². The minimum atomic E-state index is -0.271. The molecule has 2 aromatic carbocycles. The molecule has 7 heteroatoms. The number of nitrogens with zero attached hydrogens (tertiary/aromatic N) is 3. The summed E-state index contributed by atoms with van der Waals surface area (Å²) >= 11 is 0. The Hall–Kier alpha value is -3.03. The molecule has 1 N–H and O–H groups in total. The molecule has 30 heavy (non-hydrogen) atoms. The molecule has 156 valence electrons. The number of hydrogen-bond acceptors (Lipinski definition) is 4. The van der Waals surface area contributed by atoms with Crippen molar-refractivity contribution < 1.29 is 13.9 Å². The van der Waals surface area contributed by atoms with Gasteiger partial charge in [0, 0.05) is 19.6 Å². The van der Waals surface area contributed by atoms with E-state index >= 15 is 0 Å². The van der Waals surface area contributed by atoms with Crippen molar-refractivity contribution in [1.29, 1.82) is 0 Å². The van der Waals surface area contributed by atoms with Crippen LogP contribution >= 0.6 is 0 Å². The third kappa shape index (κ3) is 4.42. The predicted octanol–water partition coefficient (Wildman–Crippen LogP) is 3.12. The lowest BCUT2D eigenvalue weighted by Gasteiger charge is -2.35. The summed E-state index contributed by atoms with van der Waals surface area (Å²) in [4.78, 5) is 15.2. The van der Waals surface area contributed by atoms with E-state index in [1.165, 1.54) is 12.1 Å². The number of amides is 1. The zero-order chi connectivity index (χ0) is 20.9. The molecular formula is C23H25FN4O2. The molecular weight excluding hydrogens is 383 g/mol. The number of ether oxygens (including phenoxy) is 1. The first-order valence-corrected chi connectivity index (χ1v) is 10.1. The topological polar surface area (TPSA) is 59.4 Å². The Morgan fingerprint density at radius 2 is 1.83 bits per heavy atom. The highest BCUT2D eigenvalue weighted by atomic mass is 19.1. The predicted molar refractivity (Wildman–Crippen MR) is 112 cm³/mol. The third-order valence-corrected chi connectivity index (χ3v) is 5.45. The molecule has 3 aromatic rings. The first-order valence-electron chi connectivity index (χ1n) is 10.1. The van der Waals surface area contributed by atoms with Crippen molar-refractivity contribution in [2.45, 2.75) is 13.0 Å². The molecule has 0 radical (unpaired) electrons. The van der Waals surface area contributed by atoms with Crippen LogP contribution < -0.4 is 5.32 Å². The number of rotatable bonds is 6. The smallest absolute Gasteiger partial charge is 0.254 e. The van der Waals surface area contributed by atoms with E-state index in [2.05, 4.69) is 15.3 Å². The van der Waals surface area contributed by atoms with Gasteiger partial charge in [0.15, 0.2) is 0 Å². The fraction of sp³-hybridized carbons (Fsp3) is 0.304. The van der Waals surface area contributed by atoms with Gasteiger partial charge in [0.25, 0.3) is 5.91 Å². The van der Waals surface area contributed by atoms with Crippen molar-refractivity contribution in [3.05, 3.63) is 83.4 Å². The number of carbonyl (C=O) groups excluding carboxylic acids is 1. The van der Waals surface area contributed by atoms with Gasteiger partial charge in [-0.15, -0.1) is 0 Å². The van der Waals surface area contributed by atoms with Crippen molar-refractivity contribution in [3.63, 3.8) is 0 Å². The van der Waals surface area contributed by atoms with Crippen LogP contribution in [-0.2, 0) is 4.74 Å². The lowest BCUT2D eigenvalue weighted by atomic mass is 10.0. The standard InChI is InChI=1S/C23H25FN4O2/c1-17-21(15-26-28(17)20-5-3-2-4-6-20)23(29)25-16-22(27-11-13-30-14-12-27)18-7-9-19(24)10-8-18/h2-10,15,22H,11-14,16H2,1H3,(H,25,29). The van der Waals surface area contributed by atoms with Crippen LogP contribution in [-0.4, -0.2) is 53.4 Å². The summed E-state index contributed by atoms with van der Waals surface area (Å²) < 4.78 is 20.6. The molecule has 0 bridgehead atoms. The molecule has 1 amide bonds. The van der Waals surface area contributed by atoms with Crippen molar-refractivity contribution in [2.24, 2.45) is 0 Å². The molecule has 6 nitrogen and oxygen atoms in total. The molecule has 0 saturated carbocycles. The average Bonchev–Trinajstić information content (AvgIpc) is 3.17. The van der Waals surface area contributed by atoms with Gasteiger partial charge in [0.1, 0.15) is 5.82 Å². The Kier molecular flexibility index (Phi) is 6.21. The van der Waals surface area contributed by atoms with E-state index in [4.69, 9.17) is 4.74 Å². The SMILES string of the molecule is Cc1c(C(=O)NCC(c2ccc(F)cc2)N2CCOCC2)cnn1-c1ccccc1. The van der Waals surface area contributed by atoms with Crippen LogP contribution in [0.4, 0.5) is 4.39 Å². The molecule has 1 aliphatic rings. The minimum Gasteiger partial charge on any atom is -0.379 e. The fourth-order valence-corrected chi connectivity index (χ4v) is 3.78. The van der Waals surface area contributed by atoms with Crippen LogP contribution in [0, 0.1) is 12.7 Å². The van der Waals surface area contributed by atoms with Gasteiger partial charge >= 0.3 is 0 Å². The Labute approximate surface area is 175 Å². The second kappa shape index (κ2) is 9.19. The lowest BCUT2D eigenvalue weighted by molar-refractivity contribution is 0.0162. The molecule has 1 aliphatic heterocycles. The lowest BCUT2D eigenvalue weighted by Crippen LogP contribution is -2.43. The summed E-state index contributed by atoms with van der Waals surface area (Å²) in [6.45, 7) is 5.13.